The number of nitriles is 1. The van der Waals surface area contributed by atoms with Crippen molar-refractivity contribution >= 4 is 12.0 Å². The van der Waals surface area contributed by atoms with Gasteiger partial charge in [0, 0.05) is 19.1 Å². The average Bonchev–Trinajstić information content (AvgIpc) is 2.31. The minimum atomic E-state index is -0.597. The molecule has 0 aromatic carbocycles. The minimum absolute atomic E-state index is 0.107. The van der Waals surface area contributed by atoms with E-state index in [4.69, 9.17) is 10.00 Å². The first-order valence-electron chi connectivity index (χ1n) is 7.27. The Kier molecular flexibility index (Phi) is 5.21. The van der Waals surface area contributed by atoms with E-state index in [1.165, 1.54) is 4.90 Å². The molecule has 0 bridgehead atoms. The second-order valence-electron chi connectivity index (χ2n) is 6.84. The lowest BCUT2D eigenvalue weighted by Crippen LogP contribution is -2.64. The summed E-state index contributed by atoms with van der Waals surface area (Å²) in [6.45, 7) is 9.87. The Labute approximate surface area is 126 Å². The Bertz CT molecular complexity index is 442. The molecule has 0 spiro atoms. The fourth-order valence-corrected chi connectivity index (χ4v) is 2.16. The molecule has 1 heterocycles. The van der Waals surface area contributed by atoms with Crippen LogP contribution in [-0.4, -0.2) is 41.6 Å². The summed E-state index contributed by atoms with van der Waals surface area (Å²) in [5, 5.41) is 11.6. The molecular weight excluding hydrogens is 270 g/mol. The molecule has 6 heteroatoms. The first-order chi connectivity index (χ1) is 9.61. The molecule has 21 heavy (non-hydrogen) atoms. The van der Waals surface area contributed by atoms with E-state index in [9.17, 15) is 9.59 Å². The first kappa shape index (κ1) is 17.3. The topological polar surface area (TPSA) is 82.4 Å². The lowest BCUT2D eigenvalue weighted by Gasteiger charge is -2.46. The van der Waals surface area contributed by atoms with Crippen molar-refractivity contribution in [3.05, 3.63) is 0 Å². The second-order valence-corrected chi connectivity index (χ2v) is 6.84. The SMILES string of the molecule is CCC(CC#N)NC(=O)C1(C)CN(C(=O)OC(C)(C)C)C1. The smallest absolute Gasteiger partial charge is 0.410 e. The maximum absolute atomic E-state index is 12.2. The van der Waals surface area contributed by atoms with Gasteiger partial charge < -0.3 is 15.0 Å². The molecule has 1 rings (SSSR count). The monoisotopic (exact) mass is 295 g/mol. The summed E-state index contributed by atoms with van der Waals surface area (Å²) in [6, 6.07) is 1.94. The highest BCUT2D eigenvalue weighted by molar-refractivity contribution is 5.86. The molecule has 0 aromatic rings. The third-order valence-corrected chi connectivity index (χ3v) is 3.45. The fraction of sp³-hybridized carbons (Fsp3) is 0.800. The van der Waals surface area contributed by atoms with Crippen LogP contribution in [0.15, 0.2) is 0 Å². The summed E-state index contributed by atoms with van der Waals surface area (Å²) < 4.78 is 5.27. The molecule has 1 N–H and O–H groups in total. The van der Waals surface area contributed by atoms with Gasteiger partial charge >= 0.3 is 6.09 Å². The van der Waals surface area contributed by atoms with E-state index in [2.05, 4.69) is 11.4 Å². The number of nitrogens with one attached hydrogen (secondary N) is 1. The lowest BCUT2D eigenvalue weighted by atomic mass is 9.81. The fourth-order valence-electron chi connectivity index (χ4n) is 2.16. The quantitative estimate of drug-likeness (QED) is 0.860. The van der Waals surface area contributed by atoms with E-state index >= 15 is 0 Å². The number of nitrogens with zero attached hydrogens (tertiary/aromatic N) is 2. The maximum Gasteiger partial charge on any atom is 0.410 e. The van der Waals surface area contributed by atoms with Crippen molar-refractivity contribution in [2.24, 2.45) is 5.41 Å². The van der Waals surface area contributed by atoms with Gasteiger partial charge in [0.1, 0.15) is 5.60 Å². The van der Waals surface area contributed by atoms with Crippen LogP contribution in [0.5, 0.6) is 0 Å². The van der Waals surface area contributed by atoms with Crippen LogP contribution in [0.25, 0.3) is 0 Å². The van der Waals surface area contributed by atoms with Crippen LogP contribution in [0.4, 0.5) is 4.79 Å². The molecule has 1 atom stereocenters. The summed E-state index contributed by atoms with van der Waals surface area (Å²) in [6.07, 6.45) is 0.621. The molecule has 0 radical (unpaired) electrons. The van der Waals surface area contributed by atoms with Crippen molar-refractivity contribution in [2.45, 2.75) is 59.1 Å². The van der Waals surface area contributed by atoms with Crippen LogP contribution >= 0.6 is 0 Å². The molecule has 0 aliphatic carbocycles. The number of rotatable bonds is 4. The van der Waals surface area contributed by atoms with Gasteiger partial charge in [0.2, 0.25) is 5.91 Å². The molecule has 1 unspecified atom stereocenters. The predicted molar refractivity (Wildman–Crippen MR) is 78.4 cm³/mol. The number of carbonyl (C=O) groups excluding carboxylic acids is 2. The maximum atomic E-state index is 12.2. The van der Waals surface area contributed by atoms with Crippen molar-refractivity contribution in [3.8, 4) is 6.07 Å². The van der Waals surface area contributed by atoms with E-state index in [-0.39, 0.29) is 11.9 Å². The van der Waals surface area contributed by atoms with E-state index in [1.54, 1.807) is 0 Å². The first-order valence-corrected chi connectivity index (χ1v) is 7.27. The van der Waals surface area contributed by atoms with Crippen LogP contribution < -0.4 is 5.32 Å². The van der Waals surface area contributed by atoms with Crippen LogP contribution in [0.3, 0.4) is 0 Å². The lowest BCUT2D eigenvalue weighted by molar-refractivity contribution is -0.139. The zero-order valence-corrected chi connectivity index (χ0v) is 13.5. The van der Waals surface area contributed by atoms with Crippen molar-refractivity contribution in [2.75, 3.05) is 13.1 Å². The van der Waals surface area contributed by atoms with Crippen molar-refractivity contribution in [1.82, 2.24) is 10.2 Å². The summed E-state index contributed by atoms with van der Waals surface area (Å²) in [5.74, 6) is -0.107. The third kappa shape index (κ3) is 4.62. The summed E-state index contributed by atoms with van der Waals surface area (Å²) >= 11 is 0. The van der Waals surface area contributed by atoms with E-state index < -0.39 is 17.1 Å². The Morgan fingerprint density at radius 2 is 2.00 bits per heavy atom. The van der Waals surface area contributed by atoms with Gasteiger partial charge in [-0.25, -0.2) is 4.79 Å². The number of hydrogen-bond donors (Lipinski definition) is 1. The molecule has 1 saturated heterocycles. The minimum Gasteiger partial charge on any atom is -0.444 e. The van der Waals surface area contributed by atoms with Crippen LogP contribution in [0.1, 0.15) is 47.5 Å². The zero-order chi connectivity index (χ0) is 16.3. The van der Waals surface area contributed by atoms with E-state index in [0.29, 0.717) is 25.9 Å². The van der Waals surface area contributed by atoms with Gasteiger partial charge in [-0.3, -0.25) is 4.79 Å². The normalized spacial score (nSPS) is 18.2. The van der Waals surface area contributed by atoms with Gasteiger partial charge in [0.15, 0.2) is 0 Å². The summed E-state index contributed by atoms with van der Waals surface area (Å²) in [7, 11) is 0. The van der Waals surface area contributed by atoms with Gasteiger partial charge in [-0.15, -0.1) is 0 Å². The summed E-state index contributed by atoms with van der Waals surface area (Å²) in [4.78, 5) is 25.6. The van der Waals surface area contributed by atoms with Gasteiger partial charge in [-0.2, -0.15) is 5.26 Å². The molecule has 2 amide bonds. The van der Waals surface area contributed by atoms with Gasteiger partial charge in [-0.05, 0) is 34.1 Å². The number of amides is 2. The highest BCUT2D eigenvalue weighted by Gasteiger charge is 2.48. The Hall–Kier alpha value is -1.77. The number of carbonyl (C=O) groups is 2. The highest BCUT2D eigenvalue weighted by atomic mass is 16.6. The Balaban J connectivity index is 2.51. The molecule has 0 aromatic heterocycles. The third-order valence-electron chi connectivity index (χ3n) is 3.45. The van der Waals surface area contributed by atoms with Crippen LogP contribution in [0, 0.1) is 16.7 Å². The van der Waals surface area contributed by atoms with Gasteiger partial charge in [0.25, 0.3) is 0 Å². The average molecular weight is 295 g/mol. The van der Waals surface area contributed by atoms with Gasteiger partial charge in [0.05, 0.1) is 17.9 Å². The molecule has 6 nitrogen and oxygen atoms in total. The molecule has 1 aliphatic rings. The van der Waals surface area contributed by atoms with Crippen molar-refractivity contribution < 1.29 is 14.3 Å². The number of likely N-dealkylation sites (tertiary alicyclic amines) is 1. The molecule has 1 aliphatic heterocycles. The highest BCUT2D eigenvalue weighted by Crippen LogP contribution is 2.31. The molecular formula is C15H25N3O3. The number of ether oxygens (including phenoxy) is 1. The number of hydrogen-bond acceptors (Lipinski definition) is 4. The molecule has 0 saturated carbocycles. The predicted octanol–water partition coefficient (Wildman–Crippen LogP) is 2.05. The van der Waals surface area contributed by atoms with Crippen molar-refractivity contribution in [1.29, 1.82) is 5.26 Å². The van der Waals surface area contributed by atoms with Crippen molar-refractivity contribution in [3.63, 3.8) is 0 Å². The summed E-state index contributed by atoms with van der Waals surface area (Å²) in [5.41, 5.74) is -1.13. The molecule has 118 valence electrons. The zero-order valence-electron chi connectivity index (χ0n) is 13.5. The van der Waals surface area contributed by atoms with Crippen LogP contribution in [-0.2, 0) is 9.53 Å². The Morgan fingerprint density at radius 3 is 2.43 bits per heavy atom. The standard InChI is InChI=1S/C15H25N3O3/c1-6-11(7-8-16)17-12(19)15(5)9-18(10-15)13(20)21-14(2,3)4/h11H,6-7,9-10H2,1-5H3,(H,17,19). The molecule has 1 fully saturated rings. The van der Waals surface area contributed by atoms with Gasteiger partial charge in [-0.1, -0.05) is 6.92 Å². The van der Waals surface area contributed by atoms with Crippen LogP contribution in [0.2, 0.25) is 0 Å². The second kappa shape index (κ2) is 6.33. The van der Waals surface area contributed by atoms with E-state index in [1.807, 2.05) is 34.6 Å². The largest absolute Gasteiger partial charge is 0.444 e. The van der Waals surface area contributed by atoms with E-state index in [0.717, 1.165) is 0 Å². The Morgan fingerprint density at radius 1 is 1.43 bits per heavy atom.